The molecule has 0 spiro atoms. The van der Waals surface area contributed by atoms with E-state index in [2.05, 4.69) is 26.4 Å². The molecule has 4 atom stereocenters. The number of nitrogens with zero attached hydrogens (tertiary/aromatic N) is 1. The van der Waals surface area contributed by atoms with E-state index in [9.17, 15) is 28.4 Å². The highest BCUT2D eigenvalue weighted by Crippen LogP contribution is 2.17. The van der Waals surface area contributed by atoms with E-state index in [-0.39, 0.29) is 30.4 Å². The van der Waals surface area contributed by atoms with Gasteiger partial charge in [0.1, 0.15) is 23.7 Å². The Morgan fingerprint density at radius 3 is 2.41 bits per heavy atom. The zero-order valence-electron chi connectivity index (χ0n) is 23.0. The molecule has 2 heterocycles. The van der Waals surface area contributed by atoms with Crippen molar-refractivity contribution >= 4 is 29.6 Å². The molecule has 1 aromatic carbocycles. The largest absolute Gasteiger partial charge is 0.478 e. The highest BCUT2D eigenvalue weighted by Gasteiger charge is 2.32. The standard InChI is InChI=1S/C28H34FN5O7/c1-15(2)24(33-27(39)22-12-16(3)41-34-22)28(40)32-21(13-17-4-6-19(29)7-5-17)26(38)31-20(8-9-23(35)36)14-18-10-11-30-25(18)37/h4-9,12,15,18,20-21,24H,10-11,13-14H2,1-3H3,(H,30,37)(H,31,38)(H,32,40)(H,33,39)(H,35,36)/b9-8+/t18-,20+,21-,24-/m0/s1. The van der Waals surface area contributed by atoms with Crippen molar-refractivity contribution in [3.8, 4) is 0 Å². The Balaban J connectivity index is 1.81. The van der Waals surface area contributed by atoms with Crippen LogP contribution < -0.4 is 21.3 Å². The number of nitrogens with one attached hydrogen (secondary N) is 4. The molecule has 0 unspecified atom stereocenters. The van der Waals surface area contributed by atoms with Crippen LogP contribution in [0, 0.1) is 24.6 Å². The van der Waals surface area contributed by atoms with Crippen molar-refractivity contribution in [2.45, 2.75) is 58.2 Å². The highest BCUT2D eigenvalue weighted by molar-refractivity contribution is 5.97. The third kappa shape index (κ3) is 9.26. The molecule has 1 aliphatic heterocycles. The molecular formula is C28H34FN5O7. The minimum Gasteiger partial charge on any atom is -0.478 e. The van der Waals surface area contributed by atoms with Crippen LogP contribution in [0.5, 0.6) is 0 Å². The minimum atomic E-state index is -1.23. The summed E-state index contributed by atoms with van der Waals surface area (Å²) in [6.45, 7) is 5.53. The Hall–Kier alpha value is -4.55. The van der Waals surface area contributed by atoms with Gasteiger partial charge < -0.3 is 30.9 Å². The molecule has 1 saturated heterocycles. The number of carboxylic acids is 1. The lowest BCUT2D eigenvalue weighted by molar-refractivity contribution is -0.131. The molecule has 41 heavy (non-hydrogen) atoms. The van der Waals surface area contributed by atoms with Gasteiger partial charge in [-0.3, -0.25) is 19.2 Å². The Bertz CT molecular complexity index is 1290. The van der Waals surface area contributed by atoms with Gasteiger partial charge >= 0.3 is 5.97 Å². The van der Waals surface area contributed by atoms with Crippen LogP contribution in [0.15, 0.2) is 47.0 Å². The number of hydrogen-bond donors (Lipinski definition) is 5. The third-order valence-electron chi connectivity index (χ3n) is 6.58. The zero-order valence-corrected chi connectivity index (χ0v) is 23.0. The van der Waals surface area contributed by atoms with E-state index in [0.717, 1.165) is 6.08 Å². The maximum atomic E-state index is 13.5. The summed E-state index contributed by atoms with van der Waals surface area (Å²) in [5.74, 6) is -4.22. The number of hydrogen-bond acceptors (Lipinski definition) is 7. The van der Waals surface area contributed by atoms with E-state index in [4.69, 9.17) is 9.63 Å². The monoisotopic (exact) mass is 571 g/mol. The fourth-order valence-corrected chi connectivity index (χ4v) is 4.39. The van der Waals surface area contributed by atoms with E-state index in [1.807, 2.05) is 0 Å². The van der Waals surface area contributed by atoms with Gasteiger partial charge in [-0.05, 0) is 43.4 Å². The van der Waals surface area contributed by atoms with E-state index in [1.54, 1.807) is 20.8 Å². The smallest absolute Gasteiger partial charge is 0.328 e. The normalized spacial score (nSPS) is 17.1. The molecule has 1 aromatic heterocycles. The molecule has 220 valence electrons. The number of benzene rings is 1. The van der Waals surface area contributed by atoms with Gasteiger partial charge in [0.15, 0.2) is 5.69 Å². The van der Waals surface area contributed by atoms with Crippen LogP contribution in [-0.2, 0) is 25.6 Å². The lowest BCUT2D eigenvalue weighted by Gasteiger charge is -2.26. The van der Waals surface area contributed by atoms with Gasteiger partial charge in [-0.2, -0.15) is 0 Å². The predicted molar refractivity (Wildman–Crippen MR) is 144 cm³/mol. The fourth-order valence-electron chi connectivity index (χ4n) is 4.39. The second-order valence-corrected chi connectivity index (χ2v) is 10.2. The lowest BCUT2D eigenvalue weighted by atomic mass is 9.97. The summed E-state index contributed by atoms with van der Waals surface area (Å²) in [4.78, 5) is 62.8. The van der Waals surface area contributed by atoms with Crippen molar-refractivity contribution < 1.29 is 38.0 Å². The van der Waals surface area contributed by atoms with Crippen molar-refractivity contribution in [2.24, 2.45) is 11.8 Å². The second-order valence-electron chi connectivity index (χ2n) is 10.2. The number of halogens is 1. The van der Waals surface area contributed by atoms with E-state index >= 15 is 0 Å². The molecular weight excluding hydrogens is 537 g/mol. The number of amides is 4. The Labute approximate surface area is 236 Å². The van der Waals surface area contributed by atoms with Crippen molar-refractivity contribution in [1.29, 1.82) is 0 Å². The van der Waals surface area contributed by atoms with Gasteiger partial charge in [0.25, 0.3) is 5.91 Å². The van der Waals surface area contributed by atoms with Crippen LogP contribution in [0.4, 0.5) is 4.39 Å². The number of aryl methyl sites for hydroxylation is 1. The number of carbonyl (C=O) groups is 5. The number of carboxylic acid groups (broad SMARTS) is 1. The van der Waals surface area contributed by atoms with Gasteiger partial charge in [0.05, 0.1) is 0 Å². The van der Waals surface area contributed by atoms with Gasteiger partial charge in [-0.1, -0.05) is 37.2 Å². The molecule has 4 amide bonds. The molecule has 2 aromatic rings. The van der Waals surface area contributed by atoms with Crippen LogP contribution in [0.3, 0.4) is 0 Å². The number of carbonyl (C=O) groups excluding carboxylic acids is 4. The molecule has 12 nitrogen and oxygen atoms in total. The van der Waals surface area contributed by atoms with E-state index < -0.39 is 53.6 Å². The fraction of sp³-hybridized carbons (Fsp3) is 0.429. The Kier molecular flexibility index (Phi) is 10.7. The third-order valence-corrected chi connectivity index (χ3v) is 6.58. The molecule has 1 fully saturated rings. The first-order chi connectivity index (χ1) is 19.4. The number of rotatable bonds is 13. The topological polar surface area (TPSA) is 180 Å². The summed E-state index contributed by atoms with van der Waals surface area (Å²) in [6.07, 6.45) is 2.81. The van der Waals surface area contributed by atoms with Crippen LogP contribution >= 0.6 is 0 Å². The first-order valence-electron chi connectivity index (χ1n) is 13.2. The Morgan fingerprint density at radius 2 is 1.85 bits per heavy atom. The zero-order chi connectivity index (χ0) is 30.1. The average Bonchev–Trinajstić information content (AvgIpc) is 3.53. The summed E-state index contributed by atoms with van der Waals surface area (Å²) < 4.78 is 18.4. The summed E-state index contributed by atoms with van der Waals surface area (Å²) >= 11 is 0. The lowest BCUT2D eigenvalue weighted by Crippen LogP contribution is -2.57. The number of aliphatic carboxylic acids is 1. The summed E-state index contributed by atoms with van der Waals surface area (Å²) in [6, 6.07) is 3.76. The predicted octanol–water partition coefficient (Wildman–Crippen LogP) is 1.26. The molecule has 0 aliphatic carbocycles. The van der Waals surface area contributed by atoms with E-state index in [0.29, 0.717) is 24.3 Å². The summed E-state index contributed by atoms with van der Waals surface area (Å²) in [5, 5.41) is 23.5. The van der Waals surface area contributed by atoms with Crippen LogP contribution in [-0.4, -0.2) is 64.5 Å². The average molecular weight is 572 g/mol. The van der Waals surface area contributed by atoms with Gasteiger partial charge in [0, 0.05) is 37.1 Å². The Morgan fingerprint density at radius 1 is 1.15 bits per heavy atom. The van der Waals surface area contributed by atoms with Crippen LogP contribution in [0.25, 0.3) is 0 Å². The molecule has 5 N–H and O–H groups in total. The SMILES string of the molecule is Cc1cc(C(=O)N[C@H](C(=O)N[C@@H](Cc2ccc(F)cc2)C(=O)N[C@H](/C=C/C(=O)O)C[C@@H]2CCNC2=O)C(C)C)no1. The maximum absolute atomic E-state index is 13.5. The first-order valence-corrected chi connectivity index (χ1v) is 13.2. The van der Waals surface area contributed by atoms with Crippen molar-refractivity contribution in [1.82, 2.24) is 26.4 Å². The van der Waals surface area contributed by atoms with Gasteiger partial charge in [-0.15, -0.1) is 0 Å². The molecule has 0 saturated carbocycles. The van der Waals surface area contributed by atoms with Gasteiger partial charge in [0.2, 0.25) is 17.7 Å². The highest BCUT2D eigenvalue weighted by atomic mass is 19.1. The molecule has 0 bridgehead atoms. The summed E-state index contributed by atoms with van der Waals surface area (Å²) in [7, 11) is 0. The second kappa shape index (κ2) is 14.2. The van der Waals surface area contributed by atoms with Crippen LogP contribution in [0.2, 0.25) is 0 Å². The quantitative estimate of drug-likeness (QED) is 0.223. The maximum Gasteiger partial charge on any atom is 0.328 e. The van der Waals surface area contributed by atoms with Crippen molar-refractivity contribution in [3.63, 3.8) is 0 Å². The molecule has 3 rings (SSSR count). The molecule has 0 radical (unpaired) electrons. The molecule has 13 heteroatoms. The first kappa shape index (κ1) is 31.0. The van der Waals surface area contributed by atoms with Crippen molar-refractivity contribution in [3.05, 3.63) is 65.3 Å². The minimum absolute atomic E-state index is 0.00874. The van der Waals surface area contributed by atoms with Crippen molar-refractivity contribution in [2.75, 3.05) is 6.54 Å². The van der Waals surface area contributed by atoms with E-state index in [1.165, 1.54) is 36.4 Å². The summed E-state index contributed by atoms with van der Waals surface area (Å²) in [5.41, 5.74) is 0.536. The van der Waals surface area contributed by atoms with Gasteiger partial charge in [-0.25, -0.2) is 9.18 Å². The number of aromatic nitrogens is 1. The molecule has 1 aliphatic rings. The van der Waals surface area contributed by atoms with Crippen LogP contribution in [0.1, 0.15) is 48.5 Å².